The Labute approximate surface area is 201 Å². The molecule has 1 fully saturated rings. The lowest BCUT2D eigenvalue weighted by molar-refractivity contribution is -0.118. The normalized spacial score (nSPS) is 16.8. The molecule has 2 aliphatic rings. The lowest BCUT2D eigenvalue weighted by Gasteiger charge is -2.19. The number of amides is 2. The number of carbonyl (C=O) groups excluding carboxylic acids is 2. The van der Waals surface area contributed by atoms with E-state index in [1.54, 1.807) is 25.4 Å². The van der Waals surface area contributed by atoms with Gasteiger partial charge in [0.1, 0.15) is 17.7 Å². The minimum absolute atomic E-state index is 0.0489. The molecule has 1 atom stereocenters. The molecule has 2 amide bonds. The molecule has 0 saturated carbocycles. The predicted molar refractivity (Wildman–Crippen MR) is 126 cm³/mol. The molecule has 0 radical (unpaired) electrons. The van der Waals surface area contributed by atoms with Gasteiger partial charge in [0.05, 0.1) is 25.5 Å². The molecule has 180 valence electrons. The zero-order valence-electron chi connectivity index (χ0n) is 19.1. The second-order valence-corrected chi connectivity index (χ2v) is 8.12. The third-order valence-corrected chi connectivity index (χ3v) is 5.66. The number of aromatic nitrogens is 3. The number of anilines is 2. The van der Waals surface area contributed by atoms with Crippen LogP contribution in [0.1, 0.15) is 12.0 Å². The van der Waals surface area contributed by atoms with Gasteiger partial charge in [-0.1, -0.05) is 12.1 Å². The van der Waals surface area contributed by atoms with Gasteiger partial charge >= 0.3 is 6.09 Å². The number of nitrogens with zero attached hydrogens (tertiary/aromatic N) is 4. The zero-order chi connectivity index (χ0) is 24.2. The smallest absolute Gasteiger partial charge is 0.415 e. The summed E-state index contributed by atoms with van der Waals surface area (Å²) < 4.78 is 16.1. The van der Waals surface area contributed by atoms with Crippen LogP contribution < -0.4 is 25.0 Å². The average molecular weight is 476 g/mol. The standard InChI is InChI=1S/C24H24N6O5/c1-33-17-4-2-3-16(10-17)19-9-15(12-26-29-19)11-25-8-7-18-13-30(24(32)35-18)21-6-5-20-23(27-21)28-22(31)14-34-20/h2-6,9-10,12,18,25H,7-8,11,13-14H2,1H3,(H,27,28,31)/t18-/m0/s1. The summed E-state index contributed by atoms with van der Waals surface area (Å²) in [6, 6.07) is 13.0. The lowest BCUT2D eigenvalue weighted by Crippen LogP contribution is -2.29. The number of benzene rings is 1. The Morgan fingerprint density at radius 1 is 1.23 bits per heavy atom. The highest BCUT2D eigenvalue weighted by Gasteiger charge is 2.33. The number of pyridine rings is 1. The maximum Gasteiger partial charge on any atom is 0.415 e. The van der Waals surface area contributed by atoms with Crippen molar-refractivity contribution in [2.45, 2.75) is 19.1 Å². The Hall–Kier alpha value is -4.25. The number of ether oxygens (including phenoxy) is 3. The first kappa shape index (κ1) is 22.5. The fourth-order valence-electron chi connectivity index (χ4n) is 3.89. The maximum atomic E-state index is 12.4. The molecular formula is C24H24N6O5. The summed E-state index contributed by atoms with van der Waals surface area (Å²) in [4.78, 5) is 29.7. The summed E-state index contributed by atoms with van der Waals surface area (Å²) in [5.41, 5.74) is 2.69. The average Bonchev–Trinajstić information content (AvgIpc) is 3.26. The van der Waals surface area contributed by atoms with Crippen LogP contribution in [0.5, 0.6) is 11.5 Å². The molecule has 0 bridgehead atoms. The SMILES string of the molecule is COc1cccc(-c2cc(CNCC[C@H]3CN(c4ccc5c(n4)NC(=O)CO5)C(=O)O3)cnn2)c1. The van der Waals surface area contributed by atoms with Gasteiger partial charge in [-0.05, 0) is 48.9 Å². The van der Waals surface area contributed by atoms with E-state index in [0.717, 1.165) is 22.6 Å². The molecule has 1 aromatic carbocycles. The predicted octanol–water partition coefficient (Wildman–Crippen LogP) is 2.38. The van der Waals surface area contributed by atoms with Gasteiger partial charge in [-0.3, -0.25) is 9.69 Å². The van der Waals surface area contributed by atoms with E-state index in [2.05, 4.69) is 25.8 Å². The van der Waals surface area contributed by atoms with E-state index in [1.807, 2.05) is 30.3 Å². The highest BCUT2D eigenvalue weighted by molar-refractivity contribution is 5.95. The topological polar surface area (TPSA) is 128 Å². The molecule has 11 heteroatoms. The molecule has 2 aromatic heterocycles. The number of cyclic esters (lactones) is 1. The Morgan fingerprint density at radius 3 is 3.03 bits per heavy atom. The highest BCUT2D eigenvalue weighted by atomic mass is 16.6. The van der Waals surface area contributed by atoms with Crippen molar-refractivity contribution < 1.29 is 23.8 Å². The Bertz CT molecular complexity index is 1250. The molecule has 4 heterocycles. The van der Waals surface area contributed by atoms with Crippen molar-refractivity contribution in [1.82, 2.24) is 20.5 Å². The molecule has 0 unspecified atom stereocenters. The zero-order valence-corrected chi connectivity index (χ0v) is 19.1. The number of nitrogens with one attached hydrogen (secondary N) is 2. The maximum absolute atomic E-state index is 12.4. The van der Waals surface area contributed by atoms with Gasteiger partial charge in [0.25, 0.3) is 5.91 Å². The van der Waals surface area contributed by atoms with Crippen molar-refractivity contribution >= 4 is 23.6 Å². The van der Waals surface area contributed by atoms with E-state index in [1.165, 1.54) is 4.90 Å². The van der Waals surface area contributed by atoms with Crippen molar-refractivity contribution in [3.05, 3.63) is 54.2 Å². The van der Waals surface area contributed by atoms with Gasteiger partial charge in [0.2, 0.25) is 0 Å². The molecule has 0 spiro atoms. The summed E-state index contributed by atoms with van der Waals surface area (Å²) in [7, 11) is 1.63. The van der Waals surface area contributed by atoms with Crippen molar-refractivity contribution in [3.8, 4) is 22.8 Å². The van der Waals surface area contributed by atoms with Crippen LogP contribution in [0.3, 0.4) is 0 Å². The molecule has 11 nitrogen and oxygen atoms in total. The molecule has 0 aliphatic carbocycles. The van der Waals surface area contributed by atoms with E-state index >= 15 is 0 Å². The van der Waals surface area contributed by atoms with Crippen molar-refractivity contribution in [1.29, 1.82) is 0 Å². The van der Waals surface area contributed by atoms with E-state index in [9.17, 15) is 9.59 Å². The van der Waals surface area contributed by atoms with Crippen LogP contribution in [0, 0.1) is 0 Å². The fourth-order valence-corrected chi connectivity index (χ4v) is 3.89. The molecule has 35 heavy (non-hydrogen) atoms. The van der Waals surface area contributed by atoms with Crippen molar-refractivity contribution in [2.24, 2.45) is 0 Å². The van der Waals surface area contributed by atoms with E-state index in [-0.39, 0.29) is 18.6 Å². The largest absolute Gasteiger partial charge is 0.497 e. The lowest BCUT2D eigenvalue weighted by atomic mass is 10.1. The van der Waals surface area contributed by atoms with Gasteiger partial charge < -0.3 is 24.8 Å². The number of methoxy groups -OCH3 is 1. The number of carbonyl (C=O) groups is 2. The third kappa shape index (κ3) is 5.14. The van der Waals surface area contributed by atoms with Crippen LogP contribution in [0.15, 0.2) is 48.7 Å². The molecular weight excluding hydrogens is 452 g/mol. The molecule has 2 N–H and O–H groups in total. The van der Waals surface area contributed by atoms with Crippen LogP contribution in [-0.4, -0.2) is 60.1 Å². The van der Waals surface area contributed by atoms with Crippen LogP contribution in [0.2, 0.25) is 0 Å². The minimum atomic E-state index is -0.466. The highest BCUT2D eigenvalue weighted by Crippen LogP contribution is 2.30. The first-order chi connectivity index (χ1) is 17.1. The molecule has 2 aliphatic heterocycles. The summed E-state index contributed by atoms with van der Waals surface area (Å²) in [5, 5.41) is 14.3. The molecule has 1 saturated heterocycles. The fraction of sp³-hybridized carbons (Fsp3) is 0.292. The Morgan fingerprint density at radius 2 is 2.14 bits per heavy atom. The third-order valence-electron chi connectivity index (χ3n) is 5.66. The van der Waals surface area contributed by atoms with E-state index in [0.29, 0.717) is 43.4 Å². The first-order valence-corrected chi connectivity index (χ1v) is 11.2. The van der Waals surface area contributed by atoms with Crippen LogP contribution in [0.4, 0.5) is 16.4 Å². The van der Waals surface area contributed by atoms with Crippen LogP contribution in [-0.2, 0) is 16.1 Å². The second-order valence-electron chi connectivity index (χ2n) is 8.12. The summed E-state index contributed by atoms with van der Waals surface area (Å²) in [6.07, 6.45) is 1.61. The van der Waals surface area contributed by atoms with E-state index < -0.39 is 6.09 Å². The monoisotopic (exact) mass is 476 g/mol. The van der Waals surface area contributed by atoms with Gasteiger partial charge in [-0.2, -0.15) is 10.2 Å². The Kier molecular flexibility index (Phi) is 6.40. The Balaban J connectivity index is 1.13. The quantitative estimate of drug-likeness (QED) is 0.471. The second kappa shape index (κ2) is 9.94. The van der Waals surface area contributed by atoms with Gasteiger partial charge in [-0.25, -0.2) is 9.78 Å². The number of fused-ring (bicyclic) bond motifs is 1. The van der Waals surface area contributed by atoms with Crippen molar-refractivity contribution in [2.75, 3.05) is 37.0 Å². The molecule has 3 aromatic rings. The van der Waals surface area contributed by atoms with Crippen LogP contribution in [0.25, 0.3) is 11.3 Å². The summed E-state index contributed by atoms with van der Waals surface area (Å²) >= 11 is 0. The van der Waals surface area contributed by atoms with Crippen LogP contribution >= 0.6 is 0 Å². The summed E-state index contributed by atoms with van der Waals surface area (Å²) in [6.45, 7) is 1.57. The first-order valence-electron chi connectivity index (χ1n) is 11.2. The minimum Gasteiger partial charge on any atom is -0.497 e. The number of rotatable bonds is 8. The number of hydrogen-bond donors (Lipinski definition) is 2. The van der Waals surface area contributed by atoms with Gasteiger partial charge in [0, 0.05) is 12.1 Å². The molecule has 5 rings (SSSR count). The number of hydrogen-bond acceptors (Lipinski definition) is 9. The van der Waals surface area contributed by atoms with E-state index in [4.69, 9.17) is 14.2 Å². The van der Waals surface area contributed by atoms with Gasteiger partial charge in [-0.15, -0.1) is 0 Å². The van der Waals surface area contributed by atoms with Gasteiger partial charge in [0.15, 0.2) is 18.2 Å². The summed E-state index contributed by atoms with van der Waals surface area (Å²) in [5.74, 6) is 1.66. The van der Waals surface area contributed by atoms with Crippen molar-refractivity contribution in [3.63, 3.8) is 0 Å².